The summed E-state index contributed by atoms with van der Waals surface area (Å²) in [4.78, 5) is 1.30. The lowest BCUT2D eigenvalue weighted by atomic mass is 9.95. The zero-order valence-electron chi connectivity index (χ0n) is 12.6. The summed E-state index contributed by atoms with van der Waals surface area (Å²) in [6.07, 6.45) is 2.11. The summed E-state index contributed by atoms with van der Waals surface area (Å²) in [6, 6.07) is 15.8. The van der Waals surface area contributed by atoms with Gasteiger partial charge in [-0.1, -0.05) is 37.3 Å². The van der Waals surface area contributed by atoms with Gasteiger partial charge in [-0.15, -0.1) is 11.8 Å². The van der Waals surface area contributed by atoms with Crippen molar-refractivity contribution in [3.8, 4) is 0 Å². The molecular formula is C18H21NOS. The van der Waals surface area contributed by atoms with Crippen molar-refractivity contribution < 1.29 is 4.74 Å². The SMILES string of the molecule is CCNC(c1ccc(SC)cc1)c1ccc2c(c1)COC2. The lowest BCUT2D eigenvalue weighted by Gasteiger charge is -2.20. The van der Waals surface area contributed by atoms with Crippen LogP contribution < -0.4 is 5.32 Å². The molecule has 2 nitrogen and oxygen atoms in total. The maximum Gasteiger partial charge on any atom is 0.0725 e. The predicted octanol–water partition coefficient (Wildman–Crippen LogP) is 4.14. The van der Waals surface area contributed by atoms with Crippen molar-refractivity contribution in [1.29, 1.82) is 0 Å². The minimum Gasteiger partial charge on any atom is -0.372 e. The Morgan fingerprint density at radius 3 is 2.48 bits per heavy atom. The van der Waals surface area contributed by atoms with E-state index in [2.05, 4.69) is 61.0 Å². The van der Waals surface area contributed by atoms with Gasteiger partial charge in [-0.2, -0.15) is 0 Å². The van der Waals surface area contributed by atoms with Crippen molar-refractivity contribution in [3.05, 3.63) is 64.7 Å². The van der Waals surface area contributed by atoms with Crippen LogP contribution in [0.5, 0.6) is 0 Å². The summed E-state index contributed by atoms with van der Waals surface area (Å²) in [6.45, 7) is 4.60. The van der Waals surface area contributed by atoms with E-state index < -0.39 is 0 Å². The van der Waals surface area contributed by atoms with Gasteiger partial charge in [0.1, 0.15) is 0 Å². The van der Waals surface area contributed by atoms with Crippen molar-refractivity contribution in [2.75, 3.05) is 12.8 Å². The molecule has 1 aliphatic heterocycles. The molecule has 0 fully saturated rings. The average Bonchev–Trinajstić information content (AvgIpc) is 3.00. The minimum atomic E-state index is 0.247. The third kappa shape index (κ3) is 3.15. The summed E-state index contributed by atoms with van der Waals surface area (Å²) in [7, 11) is 0. The molecule has 1 N–H and O–H groups in total. The summed E-state index contributed by atoms with van der Waals surface area (Å²) >= 11 is 1.78. The number of hydrogen-bond donors (Lipinski definition) is 1. The summed E-state index contributed by atoms with van der Waals surface area (Å²) in [5.41, 5.74) is 5.29. The van der Waals surface area contributed by atoms with Crippen molar-refractivity contribution in [2.24, 2.45) is 0 Å². The van der Waals surface area contributed by atoms with Crippen LogP contribution in [0.2, 0.25) is 0 Å². The van der Waals surface area contributed by atoms with E-state index in [4.69, 9.17) is 4.74 Å². The van der Waals surface area contributed by atoms with Gasteiger partial charge in [-0.05, 0) is 47.2 Å². The molecule has 0 radical (unpaired) electrons. The molecular weight excluding hydrogens is 278 g/mol. The van der Waals surface area contributed by atoms with Crippen LogP contribution >= 0.6 is 11.8 Å². The van der Waals surface area contributed by atoms with E-state index in [1.807, 2.05) is 0 Å². The first-order valence-corrected chi connectivity index (χ1v) is 8.61. The van der Waals surface area contributed by atoms with E-state index in [0.29, 0.717) is 0 Å². The van der Waals surface area contributed by atoms with Crippen LogP contribution in [0.4, 0.5) is 0 Å². The maximum atomic E-state index is 5.52. The normalized spacial score (nSPS) is 15.0. The first kappa shape index (κ1) is 14.6. The quantitative estimate of drug-likeness (QED) is 0.839. The standard InChI is InChI=1S/C18H21NOS/c1-3-19-18(13-6-8-17(21-2)9-7-13)14-4-5-15-11-20-12-16(15)10-14/h4-10,18-19H,3,11-12H2,1-2H3. The molecule has 3 rings (SSSR count). The van der Waals surface area contributed by atoms with Gasteiger partial charge in [0.25, 0.3) is 0 Å². The maximum absolute atomic E-state index is 5.52. The van der Waals surface area contributed by atoms with Gasteiger partial charge >= 0.3 is 0 Å². The molecule has 0 bridgehead atoms. The first-order chi connectivity index (χ1) is 10.3. The van der Waals surface area contributed by atoms with Crippen LogP contribution in [0.15, 0.2) is 47.4 Å². The Bertz CT molecular complexity index is 609. The van der Waals surface area contributed by atoms with Gasteiger partial charge < -0.3 is 10.1 Å². The van der Waals surface area contributed by atoms with Crippen LogP contribution in [0.25, 0.3) is 0 Å². The number of fused-ring (bicyclic) bond motifs is 1. The molecule has 1 aliphatic rings. The number of hydrogen-bond acceptors (Lipinski definition) is 3. The van der Waals surface area contributed by atoms with Crippen LogP contribution in [0.1, 0.15) is 35.2 Å². The molecule has 2 aromatic carbocycles. The van der Waals surface area contributed by atoms with Crippen molar-refractivity contribution in [3.63, 3.8) is 0 Å². The fourth-order valence-electron chi connectivity index (χ4n) is 2.80. The van der Waals surface area contributed by atoms with Crippen LogP contribution in [-0.4, -0.2) is 12.8 Å². The Hall–Kier alpha value is -1.29. The lowest BCUT2D eigenvalue weighted by molar-refractivity contribution is 0.134. The largest absolute Gasteiger partial charge is 0.372 e. The number of ether oxygens (including phenoxy) is 1. The van der Waals surface area contributed by atoms with Gasteiger partial charge in [0, 0.05) is 4.90 Å². The summed E-state index contributed by atoms with van der Waals surface area (Å²) < 4.78 is 5.52. The molecule has 1 atom stereocenters. The zero-order chi connectivity index (χ0) is 14.7. The van der Waals surface area contributed by atoms with Crippen molar-refractivity contribution >= 4 is 11.8 Å². The summed E-state index contributed by atoms with van der Waals surface area (Å²) in [5, 5.41) is 3.60. The Morgan fingerprint density at radius 2 is 1.76 bits per heavy atom. The highest BCUT2D eigenvalue weighted by Crippen LogP contribution is 2.28. The molecule has 0 saturated carbocycles. The molecule has 21 heavy (non-hydrogen) atoms. The smallest absolute Gasteiger partial charge is 0.0725 e. The fraction of sp³-hybridized carbons (Fsp3) is 0.333. The Labute approximate surface area is 130 Å². The molecule has 2 aromatic rings. The van der Waals surface area contributed by atoms with E-state index in [-0.39, 0.29) is 6.04 Å². The highest BCUT2D eigenvalue weighted by molar-refractivity contribution is 7.98. The number of thioether (sulfide) groups is 1. The molecule has 0 aliphatic carbocycles. The monoisotopic (exact) mass is 299 g/mol. The molecule has 110 valence electrons. The molecule has 1 heterocycles. The topological polar surface area (TPSA) is 21.3 Å². The first-order valence-electron chi connectivity index (χ1n) is 7.38. The highest BCUT2D eigenvalue weighted by atomic mass is 32.2. The molecule has 0 spiro atoms. The molecule has 0 amide bonds. The lowest BCUT2D eigenvalue weighted by Crippen LogP contribution is -2.22. The van der Waals surface area contributed by atoms with E-state index in [1.165, 1.54) is 27.1 Å². The van der Waals surface area contributed by atoms with Crippen molar-refractivity contribution in [1.82, 2.24) is 5.32 Å². The second kappa shape index (κ2) is 6.65. The molecule has 1 unspecified atom stereocenters. The number of benzene rings is 2. The van der Waals surface area contributed by atoms with Gasteiger partial charge in [0.2, 0.25) is 0 Å². The third-order valence-corrected chi connectivity index (χ3v) is 4.68. The second-order valence-corrected chi connectivity index (χ2v) is 6.16. The van der Waals surface area contributed by atoms with Gasteiger partial charge in [-0.3, -0.25) is 0 Å². The molecule has 0 aromatic heterocycles. The Kier molecular flexibility index (Phi) is 4.63. The van der Waals surface area contributed by atoms with Crippen LogP contribution in [0, 0.1) is 0 Å². The molecule has 3 heteroatoms. The third-order valence-electron chi connectivity index (χ3n) is 3.94. The van der Waals surface area contributed by atoms with E-state index in [9.17, 15) is 0 Å². The number of nitrogens with one attached hydrogen (secondary N) is 1. The van der Waals surface area contributed by atoms with Crippen LogP contribution in [0.3, 0.4) is 0 Å². The van der Waals surface area contributed by atoms with Crippen molar-refractivity contribution in [2.45, 2.75) is 31.1 Å². The van der Waals surface area contributed by atoms with Gasteiger partial charge in [0.15, 0.2) is 0 Å². The highest BCUT2D eigenvalue weighted by Gasteiger charge is 2.17. The van der Waals surface area contributed by atoms with Gasteiger partial charge in [0.05, 0.1) is 19.3 Å². The van der Waals surface area contributed by atoms with E-state index in [1.54, 1.807) is 11.8 Å². The fourth-order valence-corrected chi connectivity index (χ4v) is 3.21. The Balaban J connectivity index is 1.93. The summed E-state index contributed by atoms with van der Waals surface area (Å²) in [5.74, 6) is 0. The zero-order valence-corrected chi connectivity index (χ0v) is 13.4. The van der Waals surface area contributed by atoms with E-state index in [0.717, 1.165) is 19.8 Å². The van der Waals surface area contributed by atoms with Crippen LogP contribution in [-0.2, 0) is 18.0 Å². The van der Waals surface area contributed by atoms with Gasteiger partial charge in [-0.25, -0.2) is 0 Å². The second-order valence-electron chi connectivity index (χ2n) is 5.28. The average molecular weight is 299 g/mol. The number of rotatable bonds is 5. The van der Waals surface area contributed by atoms with E-state index >= 15 is 0 Å². The molecule has 0 saturated heterocycles. The minimum absolute atomic E-state index is 0.247. The Morgan fingerprint density at radius 1 is 1.05 bits per heavy atom. The predicted molar refractivity (Wildman–Crippen MR) is 88.7 cm³/mol.